The minimum Gasteiger partial charge on any atom is -0.494 e. The summed E-state index contributed by atoms with van der Waals surface area (Å²) < 4.78 is 16.9. The Morgan fingerprint density at radius 1 is 0.870 bits per heavy atom. The third-order valence-electron chi connectivity index (χ3n) is 3.49. The molecule has 0 saturated heterocycles. The van der Waals surface area contributed by atoms with E-state index in [4.69, 9.17) is 14.2 Å². The van der Waals surface area contributed by atoms with E-state index in [-0.39, 0.29) is 5.78 Å². The maximum Gasteiger partial charge on any atom is 0.184 e. The topological polar surface area (TPSA) is 48.0 Å². The maximum atomic E-state index is 12.8. The second kappa shape index (κ2) is 10.1. The lowest BCUT2D eigenvalue weighted by Gasteiger charge is -2.20. The van der Waals surface area contributed by atoms with Gasteiger partial charge in [0.25, 0.3) is 0 Å². The van der Waals surface area contributed by atoms with Gasteiger partial charge in [0.15, 0.2) is 5.78 Å². The molecular formula is C18H29NO4. The largest absolute Gasteiger partial charge is 0.494 e. The van der Waals surface area contributed by atoms with E-state index in [2.05, 4.69) is 4.90 Å². The van der Waals surface area contributed by atoms with Crippen LogP contribution in [0.15, 0.2) is 12.1 Å². The van der Waals surface area contributed by atoms with E-state index in [1.165, 1.54) is 0 Å². The second-order valence-electron chi connectivity index (χ2n) is 4.98. The van der Waals surface area contributed by atoms with Gasteiger partial charge < -0.3 is 14.2 Å². The van der Waals surface area contributed by atoms with E-state index >= 15 is 0 Å². The van der Waals surface area contributed by atoms with E-state index in [0.29, 0.717) is 49.2 Å². The number of hydrogen-bond donors (Lipinski definition) is 0. The Morgan fingerprint density at radius 3 is 1.74 bits per heavy atom. The molecule has 0 aliphatic carbocycles. The number of Topliss-reactive ketones (excluding diaryl/α,β-unsaturated/α-hetero) is 1. The Kier molecular flexibility index (Phi) is 8.48. The fourth-order valence-electron chi connectivity index (χ4n) is 2.36. The van der Waals surface area contributed by atoms with Crippen LogP contribution in [0.2, 0.25) is 0 Å². The standard InChI is InChI=1S/C18H29NO4/c1-6-19(7-2)13-15(20)18-16(22-9-4)11-14(21-8-3)12-17(18)23-10-5/h11-12H,6-10,13H2,1-5H3. The number of benzene rings is 1. The maximum absolute atomic E-state index is 12.8. The second-order valence-corrected chi connectivity index (χ2v) is 4.98. The van der Waals surface area contributed by atoms with Crippen LogP contribution in [0.5, 0.6) is 17.2 Å². The number of nitrogens with zero attached hydrogens (tertiary/aromatic N) is 1. The lowest BCUT2D eigenvalue weighted by atomic mass is 10.1. The average Bonchev–Trinajstić information content (AvgIpc) is 2.53. The van der Waals surface area contributed by atoms with Crippen molar-refractivity contribution >= 4 is 5.78 Å². The van der Waals surface area contributed by atoms with Crippen molar-refractivity contribution in [1.82, 2.24) is 4.90 Å². The Morgan fingerprint density at radius 2 is 1.35 bits per heavy atom. The highest BCUT2D eigenvalue weighted by Crippen LogP contribution is 2.35. The molecule has 130 valence electrons. The Hall–Kier alpha value is -1.75. The summed E-state index contributed by atoms with van der Waals surface area (Å²) in [7, 11) is 0. The summed E-state index contributed by atoms with van der Waals surface area (Å²) in [6, 6.07) is 3.54. The van der Waals surface area contributed by atoms with Crippen LogP contribution in [-0.4, -0.2) is 50.1 Å². The first-order valence-electron chi connectivity index (χ1n) is 8.42. The molecule has 0 spiro atoms. The van der Waals surface area contributed by atoms with Crippen molar-refractivity contribution < 1.29 is 19.0 Å². The monoisotopic (exact) mass is 323 g/mol. The van der Waals surface area contributed by atoms with Crippen LogP contribution in [0.4, 0.5) is 0 Å². The van der Waals surface area contributed by atoms with Gasteiger partial charge in [0.05, 0.1) is 26.4 Å². The molecule has 0 heterocycles. The molecule has 0 aliphatic heterocycles. The molecule has 0 bridgehead atoms. The zero-order chi connectivity index (χ0) is 17.2. The molecule has 0 saturated carbocycles. The highest BCUT2D eigenvalue weighted by Gasteiger charge is 2.22. The van der Waals surface area contributed by atoms with Gasteiger partial charge in [0, 0.05) is 12.1 Å². The smallest absolute Gasteiger partial charge is 0.184 e. The predicted molar refractivity (Wildman–Crippen MR) is 92.1 cm³/mol. The van der Waals surface area contributed by atoms with Gasteiger partial charge in [-0.1, -0.05) is 13.8 Å². The van der Waals surface area contributed by atoms with Crippen LogP contribution in [0.1, 0.15) is 45.0 Å². The minimum absolute atomic E-state index is 0.00338. The van der Waals surface area contributed by atoms with Crippen molar-refractivity contribution in [2.45, 2.75) is 34.6 Å². The zero-order valence-electron chi connectivity index (χ0n) is 15.0. The Bertz CT molecular complexity index is 471. The van der Waals surface area contributed by atoms with Crippen LogP contribution >= 0.6 is 0 Å². The molecule has 0 radical (unpaired) electrons. The van der Waals surface area contributed by atoms with Gasteiger partial charge in [-0.2, -0.15) is 0 Å². The summed E-state index contributed by atoms with van der Waals surface area (Å²) in [6.45, 7) is 13.3. The fraction of sp³-hybridized carbons (Fsp3) is 0.611. The molecule has 5 heteroatoms. The number of carbonyl (C=O) groups excluding carboxylic acids is 1. The molecule has 0 fully saturated rings. The molecule has 0 unspecified atom stereocenters. The highest BCUT2D eigenvalue weighted by molar-refractivity contribution is 6.03. The highest BCUT2D eigenvalue weighted by atomic mass is 16.5. The van der Waals surface area contributed by atoms with Crippen molar-refractivity contribution in [3.8, 4) is 17.2 Å². The van der Waals surface area contributed by atoms with Gasteiger partial charge in [0.1, 0.15) is 22.8 Å². The van der Waals surface area contributed by atoms with Crippen LogP contribution in [-0.2, 0) is 0 Å². The first kappa shape index (κ1) is 19.3. The third kappa shape index (κ3) is 5.43. The third-order valence-corrected chi connectivity index (χ3v) is 3.49. The summed E-state index contributed by atoms with van der Waals surface area (Å²) in [5.74, 6) is 1.71. The van der Waals surface area contributed by atoms with E-state index in [1.807, 2.05) is 34.6 Å². The molecule has 1 aromatic rings. The Balaban J connectivity index is 3.26. The van der Waals surface area contributed by atoms with Crippen molar-refractivity contribution in [2.24, 2.45) is 0 Å². The fourth-order valence-corrected chi connectivity index (χ4v) is 2.36. The van der Waals surface area contributed by atoms with Crippen LogP contribution in [0.3, 0.4) is 0 Å². The quantitative estimate of drug-likeness (QED) is 0.584. The molecule has 0 aliphatic rings. The number of ketones is 1. The van der Waals surface area contributed by atoms with Gasteiger partial charge in [-0.3, -0.25) is 9.69 Å². The molecule has 23 heavy (non-hydrogen) atoms. The number of hydrogen-bond acceptors (Lipinski definition) is 5. The normalized spacial score (nSPS) is 10.7. The summed E-state index contributed by atoms with van der Waals surface area (Å²) in [5, 5.41) is 0. The summed E-state index contributed by atoms with van der Waals surface area (Å²) in [5.41, 5.74) is 0.504. The molecular weight excluding hydrogens is 294 g/mol. The Labute approximate surface area is 139 Å². The van der Waals surface area contributed by atoms with Crippen LogP contribution < -0.4 is 14.2 Å². The molecule has 0 N–H and O–H groups in total. The molecule has 1 aromatic carbocycles. The van der Waals surface area contributed by atoms with E-state index in [1.54, 1.807) is 12.1 Å². The van der Waals surface area contributed by atoms with Crippen LogP contribution in [0, 0.1) is 0 Å². The van der Waals surface area contributed by atoms with Gasteiger partial charge in [-0.05, 0) is 33.9 Å². The van der Waals surface area contributed by atoms with Crippen molar-refractivity contribution in [3.63, 3.8) is 0 Å². The van der Waals surface area contributed by atoms with Crippen molar-refractivity contribution in [3.05, 3.63) is 17.7 Å². The van der Waals surface area contributed by atoms with Gasteiger partial charge in [-0.25, -0.2) is 0 Å². The SMILES string of the molecule is CCOc1cc(OCC)c(C(=O)CN(CC)CC)c(OCC)c1. The molecule has 0 atom stereocenters. The zero-order valence-corrected chi connectivity index (χ0v) is 15.0. The summed E-state index contributed by atoms with van der Waals surface area (Å²) in [4.78, 5) is 14.9. The van der Waals surface area contributed by atoms with Crippen molar-refractivity contribution in [1.29, 1.82) is 0 Å². The van der Waals surface area contributed by atoms with E-state index < -0.39 is 0 Å². The number of rotatable bonds is 11. The lowest BCUT2D eigenvalue weighted by Crippen LogP contribution is -2.30. The first-order valence-corrected chi connectivity index (χ1v) is 8.42. The van der Waals surface area contributed by atoms with Crippen molar-refractivity contribution in [2.75, 3.05) is 39.5 Å². The van der Waals surface area contributed by atoms with Gasteiger partial charge >= 0.3 is 0 Å². The number of ether oxygens (including phenoxy) is 3. The first-order chi connectivity index (χ1) is 11.1. The van der Waals surface area contributed by atoms with Gasteiger partial charge in [0.2, 0.25) is 0 Å². The van der Waals surface area contributed by atoms with Gasteiger partial charge in [-0.15, -0.1) is 0 Å². The number of carbonyl (C=O) groups is 1. The lowest BCUT2D eigenvalue weighted by molar-refractivity contribution is 0.0929. The van der Waals surface area contributed by atoms with E-state index in [9.17, 15) is 4.79 Å². The number of likely N-dealkylation sites (N-methyl/N-ethyl adjacent to an activating group) is 1. The molecule has 1 rings (SSSR count). The predicted octanol–water partition coefficient (Wildman–Crippen LogP) is 3.41. The molecule has 0 amide bonds. The molecule has 5 nitrogen and oxygen atoms in total. The van der Waals surface area contributed by atoms with E-state index in [0.717, 1.165) is 13.1 Å². The average molecular weight is 323 g/mol. The van der Waals surface area contributed by atoms with Crippen LogP contribution in [0.25, 0.3) is 0 Å². The molecule has 0 aromatic heterocycles. The summed E-state index contributed by atoms with van der Waals surface area (Å²) in [6.07, 6.45) is 0. The summed E-state index contributed by atoms with van der Waals surface area (Å²) >= 11 is 0. The minimum atomic E-state index is 0.00338.